The van der Waals surface area contributed by atoms with Crippen LogP contribution >= 0.6 is 23.1 Å². The van der Waals surface area contributed by atoms with Crippen molar-refractivity contribution in [3.8, 4) is 0 Å². The van der Waals surface area contributed by atoms with Gasteiger partial charge < -0.3 is 15.5 Å². The molecule has 1 aromatic heterocycles. The highest BCUT2D eigenvalue weighted by atomic mass is 32.2. The van der Waals surface area contributed by atoms with E-state index in [1.165, 1.54) is 17.2 Å². The van der Waals surface area contributed by atoms with Gasteiger partial charge in [-0.25, -0.2) is 9.78 Å². The van der Waals surface area contributed by atoms with Gasteiger partial charge in [0.25, 0.3) is 0 Å². The van der Waals surface area contributed by atoms with Crippen LogP contribution in [-0.4, -0.2) is 35.6 Å². The Bertz CT molecular complexity index is 650. The number of benzene rings is 1. The Balaban J connectivity index is 1.50. The lowest BCUT2D eigenvalue weighted by Gasteiger charge is -2.28. The third-order valence-electron chi connectivity index (χ3n) is 3.59. The fourth-order valence-electron chi connectivity index (χ4n) is 2.41. The monoisotopic (exact) mass is 348 g/mol. The predicted octanol–water partition coefficient (Wildman–Crippen LogP) is 3.33. The van der Waals surface area contributed by atoms with Crippen molar-refractivity contribution in [3.63, 3.8) is 0 Å². The SMILES string of the molecule is Cc1ncc(CNC(=O)Nc2ccc(N3CCSCC3)cc2)s1. The average molecular weight is 348 g/mol. The van der Waals surface area contributed by atoms with E-state index in [-0.39, 0.29) is 6.03 Å². The highest BCUT2D eigenvalue weighted by Gasteiger charge is 2.11. The molecule has 0 aliphatic carbocycles. The number of aromatic nitrogens is 1. The molecule has 1 saturated heterocycles. The second-order valence-corrected chi connectivity index (χ2v) is 7.84. The van der Waals surface area contributed by atoms with Crippen LogP contribution in [0.1, 0.15) is 9.88 Å². The van der Waals surface area contributed by atoms with Gasteiger partial charge in [-0.1, -0.05) is 0 Å². The summed E-state index contributed by atoms with van der Waals surface area (Å²) in [6.07, 6.45) is 1.80. The van der Waals surface area contributed by atoms with Crippen LogP contribution in [-0.2, 0) is 6.54 Å². The first kappa shape index (κ1) is 16.1. The summed E-state index contributed by atoms with van der Waals surface area (Å²) in [4.78, 5) is 19.5. The van der Waals surface area contributed by atoms with Gasteiger partial charge in [0.1, 0.15) is 0 Å². The van der Waals surface area contributed by atoms with E-state index < -0.39 is 0 Å². The van der Waals surface area contributed by atoms with Crippen molar-refractivity contribution in [2.75, 3.05) is 34.8 Å². The van der Waals surface area contributed by atoms with E-state index in [0.29, 0.717) is 6.54 Å². The first-order valence-corrected chi connectivity index (χ1v) is 9.57. The van der Waals surface area contributed by atoms with Gasteiger partial charge in [0.15, 0.2) is 0 Å². The molecule has 5 nitrogen and oxygen atoms in total. The number of aryl methyl sites for hydroxylation is 1. The van der Waals surface area contributed by atoms with Gasteiger partial charge in [-0.05, 0) is 31.2 Å². The van der Waals surface area contributed by atoms with Crippen LogP contribution in [0.2, 0.25) is 0 Å². The summed E-state index contributed by atoms with van der Waals surface area (Å²) < 4.78 is 0. The van der Waals surface area contributed by atoms with Crippen LogP contribution in [0.3, 0.4) is 0 Å². The van der Waals surface area contributed by atoms with Crippen LogP contribution in [0.4, 0.5) is 16.2 Å². The van der Waals surface area contributed by atoms with Gasteiger partial charge in [0.05, 0.1) is 11.6 Å². The minimum absolute atomic E-state index is 0.196. The van der Waals surface area contributed by atoms with E-state index in [4.69, 9.17) is 0 Å². The van der Waals surface area contributed by atoms with Crippen molar-refractivity contribution in [1.29, 1.82) is 0 Å². The Kier molecular flexibility index (Phi) is 5.40. The Morgan fingerprint density at radius 1 is 1.26 bits per heavy atom. The number of amides is 2. The largest absolute Gasteiger partial charge is 0.370 e. The number of nitrogens with zero attached hydrogens (tertiary/aromatic N) is 2. The zero-order valence-electron chi connectivity index (χ0n) is 13.0. The smallest absolute Gasteiger partial charge is 0.319 e. The molecule has 2 aromatic rings. The molecule has 23 heavy (non-hydrogen) atoms. The Labute approximate surface area is 144 Å². The van der Waals surface area contributed by atoms with Gasteiger partial charge in [-0.3, -0.25) is 0 Å². The van der Waals surface area contributed by atoms with Gasteiger partial charge in [-0.15, -0.1) is 11.3 Å². The molecule has 2 heterocycles. The second kappa shape index (κ2) is 7.70. The minimum Gasteiger partial charge on any atom is -0.370 e. The van der Waals surface area contributed by atoms with Gasteiger partial charge in [-0.2, -0.15) is 11.8 Å². The summed E-state index contributed by atoms with van der Waals surface area (Å²) >= 11 is 3.59. The zero-order chi connectivity index (χ0) is 16.1. The molecule has 2 N–H and O–H groups in total. The number of anilines is 2. The number of rotatable bonds is 4. The van der Waals surface area contributed by atoms with Crippen molar-refractivity contribution in [2.45, 2.75) is 13.5 Å². The van der Waals surface area contributed by atoms with Gasteiger partial charge >= 0.3 is 6.03 Å². The van der Waals surface area contributed by atoms with E-state index >= 15 is 0 Å². The molecule has 0 atom stereocenters. The minimum atomic E-state index is -0.196. The lowest BCUT2D eigenvalue weighted by Crippen LogP contribution is -2.32. The van der Waals surface area contributed by atoms with Gasteiger partial charge in [0, 0.05) is 47.0 Å². The summed E-state index contributed by atoms with van der Waals surface area (Å²) in [5.74, 6) is 2.36. The molecular weight excluding hydrogens is 328 g/mol. The molecule has 1 aliphatic rings. The Morgan fingerprint density at radius 2 is 2.00 bits per heavy atom. The molecule has 1 fully saturated rings. The number of thioether (sulfide) groups is 1. The highest BCUT2D eigenvalue weighted by Crippen LogP contribution is 2.21. The van der Waals surface area contributed by atoms with Gasteiger partial charge in [0.2, 0.25) is 0 Å². The van der Waals surface area contributed by atoms with Crippen LogP contribution < -0.4 is 15.5 Å². The first-order chi connectivity index (χ1) is 11.2. The molecule has 2 amide bonds. The number of carbonyl (C=O) groups is 1. The number of carbonyl (C=O) groups excluding carboxylic acids is 1. The molecule has 3 rings (SSSR count). The van der Waals surface area contributed by atoms with Crippen LogP contribution in [0, 0.1) is 6.92 Å². The lowest BCUT2D eigenvalue weighted by molar-refractivity contribution is 0.252. The number of thiazole rings is 1. The maximum Gasteiger partial charge on any atom is 0.319 e. The zero-order valence-corrected chi connectivity index (χ0v) is 14.7. The van der Waals surface area contributed by atoms with E-state index in [1.807, 2.05) is 30.8 Å². The van der Waals surface area contributed by atoms with E-state index in [0.717, 1.165) is 28.7 Å². The number of hydrogen-bond donors (Lipinski definition) is 2. The molecule has 1 aromatic carbocycles. The molecule has 7 heteroatoms. The second-order valence-electron chi connectivity index (χ2n) is 5.30. The standard InChI is InChI=1S/C16H20N4OS2/c1-12-17-10-15(23-12)11-18-16(21)19-13-2-4-14(5-3-13)20-6-8-22-9-7-20/h2-5,10H,6-9,11H2,1H3,(H2,18,19,21). The number of nitrogens with one attached hydrogen (secondary N) is 2. The number of urea groups is 1. The topological polar surface area (TPSA) is 57.3 Å². The molecule has 1 aliphatic heterocycles. The summed E-state index contributed by atoms with van der Waals surface area (Å²) in [6, 6.07) is 7.84. The highest BCUT2D eigenvalue weighted by molar-refractivity contribution is 7.99. The van der Waals surface area contributed by atoms with E-state index in [1.54, 1.807) is 17.5 Å². The normalized spacial score (nSPS) is 14.6. The van der Waals surface area contributed by atoms with E-state index in [9.17, 15) is 4.79 Å². The predicted molar refractivity (Wildman–Crippen MR) is 98.7 cm³/mol. The summed E-state index contributed by atoms with van der Waals surface area (Å²) in [5, 5.41) is 6.71. The van der Waals surface area contributed by atoms with Crippen LogP contribution in [0.15, 0.2) is 30.5 Å². The fourth-order valence-corrected chi connectivity index (χ4v) is 4.04. The molecule has 0 saturated carbocycles. The maximum atomic E-state index is 11.9. The molecular formula is C16H20N4OS2. The molecule has 0 bridgehead atoms. The van der Waals surface area contributed by atoms with Crippen molar-refractivity contribution in [1.82, 2.24) is 10.3 Å². The summed E-state index contributed by atoms with van der Waals surface area (Å²) in [6.45, 7) is 4.63. The van der Waals surface area contributed by atoms with Crippen molar-refractivity contribution in [2.24, 2.45) is 0 Å². The molecule has 0 radical (unpaired) electrons. The average Bonchev–Trinajstić information content (AvgIpc) is 3.00. The maximum absolute atomic E-state index is 11.9. The van der Waals surface area contributed by atoms with Crippen molar-refractivity contribution in [3.05, 3.63) is 40.3 Å². The summed E-state index contributed by atoms with van der Waals surface area (Å²) in [7, 11) is 0. The Morgan fingerprint density at radius 3 is 2.65 bits per heavy atom. The van der Waals surface area contributed by atoms with Crippen LogP contribution in [0.25, 0.3) is 0 Å². The Hall–Kier alpha value is -1.73. The third-order valence-corrected chi connectivity index (χ3v) is 5.45. The summed E-state index contributed by atoms with van der Waals surface area (Å²) in [5.41, 5.74) is 2.02. The first-order valence-electron chi connectivity index (χ1n) is 7.59. The molecule has 0 spiro atoms. The van der Waals surface area contributed by atoms with Crippen LogP contribution in [0.5, 0.6) is 0 Å². The van der Waals surface area contributed by atoms with Crippen molar-refractivity contribution < 1.29 is 4.79 Å². The van der Waals surface area contributed by atoms with Crippen molar-refractivity contribution >= 4 is 40.5 Å². The fraction of sp³-hybridized carbons (Fsp3) is 0.375. The third kappa shape index (κ3) is 4.62. The number of hydrogen-bond acceptors (Lipinski definition) is 5. The molecule has 122 valence electrons. The molecule has 0 unspecified atom stereocenters. The van der Waals surface area contributed by atoms with E-state index in [2.05, 4.69) is 32.7 Å². The lowest BCUT2D eigenvalue weighted by atomic mass is 10.2. The quantitative estimate of drug-likeness (QED) is 0.890.